The van der Waals surface area contributed by atoms with Gasteiger partial charge in [-0.2, -0.15) is 0 Å². The molecule has 0 spiro atoms. The quantitative estimate of drug-likeness (QED) is 0.186. The normalized spacial score (nSPS) is 19.1. The molecule has 2 atom stereocenters. The molecule has 33 heavy (non-hydrogen) atoms. The zero-order valence-electron chi connectivity index (χ0n) is 18.8. The lowest BCUT2D eigenvalue weighted by Crippen LogP contribution is -2.24. The van der Waals surface area contributed by atoms with Crippen molar-refractivity contribution in [1.29, 1.82) is 0 Å². The lowest BCUT2D eigenvalue weighted by Gasteiger charge is -2.22. The van der Waals surface area contributed by atoms with E-state index in [0.29, 0.717) is 24.7 Å². The van der Waals surface area contributed by atoms with E-state index in [0.717, 1.165) is 28.0 Å². The standard InChI is InChI=1S/C28H28Cl2O3/c1-28(2)32-19-24(33-28)18-31-27(22-13-15-23(29)16-14-22)25(20-9-5-3-6-10-20)17-26(30)21-11-7-4-8-12-21/h3-16,24,26H,17-19H2,1-2H3. The van der Waals surface area contributed by atoms with Crippen LogP contribution in [0.5, 0.6) is 0 Å². The van der Waals surface area contributed by atoms with Gasteiger partial charge in [0, 0.05) is 16.2 Å². The Morgan fingerprint density at radius 3 is 2.18 bits per heavy atom. The van der Waals surface area contributed by atoms with Gasteiger partial charge in [0.05, 0.1) is 12.0 Å². The van der Waals surface area contributed by atoms with E-state index in [1.54, 1.807) is 0 Å². The molecule has 1 heterocycles. The van der Waals surface area contributed by atoms with E-state index >= 15 is 0 Å². The van der Waals surface area contributed by atoms with Crippen LogP contribution in [-0.4, -0.2) is 25.1 Å². The zero-order chi connectivity index (χ0) is 23.3. The van der Waals surface area contributed by atoms with E-state index in [1.807, 2.05) is 74.5 Å². The van der Waals surface area contributed by atoms with Crippen molar-refractivity contribution in [2.45, 2.75) is 37.5 Å². The highest BCUT2D eigenvalue weighted by Gasteiger charge is 2.33. The van der Waals surface area contributed by atoms with Crippen LogP contribution in [0, 0.1) is 0 Å². The van der Waals surface area contributed by atoms with Crippen molar-refractivity contribution in [2.75, 3.05) is 13.2 Å². The summed E-state index contributed by atoms with van der Waals surface area (Å²) in [6.07, 6.45) is 0.446. The Morgan fingerprint density at radius 1 is 0.939 bits per heavy atom. The van der Waals surface area contributed by atoms with E-state index in [4.69, 9.17) is 37.4 Å². The average molecular weight is 483 g/mol. The number of hydrogen-bond acceptors (Lipinski definition) is 3. The molecule has 0 radical (unpaired) electrons. The van der Waals surface area contributed by atoms with Gasteiger partial charge >= 0.3 is 0 Å². The van der Waals surface area contributed by atoms with Gasteiger partial charge in [0.15, 0.2) is 5.79 Å². The summed E-state index contributed by atoms with van der Waals surface area (Å²) >= 11 is 13.1. The van der Waals surface area contributed by atoms with Crippen molar-refractivity contribution >= 4 is 34.5 Å². The van der Waals surface area contributed by atoms with E-state index in [-0.39, 0.29) is 11.5 Å². The van der Waals surface area contributed by atoms with E-state index in [9.17, 15) is 0 Å². The summed E-state index contributed by atoms with van der Waals surface area (Å²) in [7, 11) is 0. The lowest BCUT2D eigenvalue weighted by atomic mass is 9.94. The molecule has 0 bridgehead atoms. The van der Waals surface area contributed by atoms with Crippen LogP contribution in [0.2, 0.25) is 5.02 Å². The highest BCUT2D eigenvalue weighted by atomic mass is 35.5. The molecular weight excluding hydrogens is 455 g/mol. The summed E-state index contributed by atoms with van der Waals surface area (Å²) in [5.74, 6) is 0.169. The van der Waals surface area contributed by atoms with Crippen LogP contribution in [0.15, 0.2) is 84.9 Å². The molecule has 0 aromatic heterocycles. The number of benzene rings is 3. The Labute approximate surface area is 205 Å². The third kappa shape index (κ3) is 6.39. The zero-order valence-corrected chi connectivity index (χ0v) is 20.4. The molecule has 3 nitrogen and oxygen atoms in total. The van der Waals surface area contributed by atoms with Crippen molar-refractivity contribution in [2.24, 2.45) is 0 Å². The van der Waals surface area contributed by atoms with Crippen LogP contribution in [-0.2, 0) is 14.2 Å². The Morgan fingerprint density at radius 2 is 1.58 bits per heavy atom. The summed E-state index contributed by atoms with van der Waals surface area (Å²) in [6, 6.07) is 28.0. The third-order valence-electron chi connectivity index (χ3n) is 5.53. The molecule has 0 amide bonds. The summed E-state index contributed by atoms with van der Waals surface area (Å²) in [4.78, 5) is 0. The van der Waals surface area contributed by atoms with Crippen LogP contribution in [0.3, 0.4) is 0 Å². The maximum absolute atomic E-state index is 6.92. The van der Waals surface area contributed by atoms with Crippen LogP contribution in [0.25, 0.3) is 11.3 Å². The summed E-state index contributed by atoms with van der Waals surface area (Å²) in [6.45, 7) is 4.69. The van der Waals surface area contributed by atoms with Crippen LogP contribution in [0.4, 0.5) is 0 Å². The number of allylic oxidation sites excluding steroid dienone is 1. The molecule has 1 aliphatic heterocycles. The average Bonchev–Trinajstić information content (AvgIpc) is 3.19. The number of halogens is 2. The fourth-order valence-electron chi connectivity index (χ4n) is 3.91. The second kappa shape index (κ2) is 10.8. The third-order valence-corrected chi connectivity index (χ3v) is 6.19. The van der Waals surface area contributed by atoms with Crippen molar-refractivity contribution < 1.29 is 14.2 Å². The molecular formula is C28H28Cl2O3. The number of alkyl halides is 1. The van der Waals surface area contributed by atoms with Crippen molar-refractivity contribution in [3.8, 4) is 0 Å². The second-order valence-corrected chi connectivity index (χ2v) is 9.49. The van der Waals surface area contributed by atoms with Gasteiger partial charge in [-0.15, -0.1) is 11.6 Å². The van der Waals surface area contributed by atoms with Gasteiger partial charge in [0.2, 0.25) is 0 Å². The van der Waals surface area contributed by atoms with Gasteiger partial charge in [-0.25, -0.2) is 0 Å². The molecule has 2 unspecified atom stereocenters. The van der Waals surface area contributed by atoms with E-state index in [2.05, 4.69) is 24.3 Å². The van der Waals surface area contributed by atoms with Gasteiger partial charge in [-0.1, -0.05) is 72.3 Å². The van der Waals surface area contributed by atoms with Crippen molar-refractivity contribution in [3.05, 3.63) is 107 Å². The van der Waals surface area contributed by atoms with Gasteiger partial charge in [-0.05, 0) is 55.7 Å². The van der Waals surface area contributed by atoms with Gasteiger partial charge in [0.1, 0.15) is 18.5 Å². The largest absolute Gasteiger partial charge is 0.490 e. The Bertz CT molecular complexity index is 1060. The van der Waals surface area contributed by atoms with Gasteiger partial charge in [-0.3, -0.25) is 0 Å². The predicted octanol–water partition coefficient (Wildman–Crippen LogP) is 7.75. The summed E-state index contributed by atoms with van der Waals surface area (Å²) in [5.41, 5.74) is 4.10. The first-order valence-electron chi connectivity index (χ1n) is 11.1. The number of hydrogen-bond donors (Lipinski definition) is 0. The topological polar surface area (TPSA) is 27.7 Å². The monoisotopic (exact) mass is 482 g/mol. The highest BCUT2D eigenvalue weighted by molar-refractivity contribution is 6.30. The molecule has 4 rings (SSSR count). The summed E-state index contributed by atoms with van der Waals surface area (Å²) in [5, 5.41) is 0.463. The van der Waals surface area contributed by atoms with Gasteiger partial charge in [0.25, 0.3) is 0 Å². The van der Waals surface area contributed by atoms with Gasteiger partial charge < -0.3 is 14.2 Å². The molecule has 172 valence electrons. The summed E-state index contributed by atoms with van der Waals surface area (Å²) < 4.78 is 18.2. The first kappa shape index (κ1) is 23.8. The van der Waals surface area contributed by atoms with E-state index in [1.165, 1.54) is 0 Å². The molecule has 0 N–H and O–H groups in total. The minimum atomic E-state index is -0.602. The minimum absolute atomic E-state index is 0.153. The fourth-order valence-corrected chi connectivity index (χ4v) is 4.33. The predicted molar refractivity (Wildman–Crippen MR) is 135 cm³/mol. The maximum atomic E-state index is 6.92. The molecule has 1 fully saturated rings. The molecule has 1 aliphatic rings. The molecule has 3 aromatic carbocycles. The Hall–Kier alpha value is -2.30. The second-order valence-electron chi connectivity index (χ2n) is 8.52. The fraction of sp³-hybridized carbons (Fsp3) is 0.286. The van der Waals surface area contributed by atoms with Crippen molar-refractivity contribution in [3.63, 3.8) is 0 Å². The number of ether oxygens (including phenoxy) is 3. The molecule has 1 saturated heterocycles. The van der Waals surface area contributed by atoms with Crippen molar-refractivity contribution in [1.82, 2.24) is 0 Å². The van der Waals surface area contributed by atoms with Crippen LogP contribution in [0.1, 0.15) is 42.3 Å². The Balaban J connectivity index is 1.73. The SMILES string of the molecule is CC1(C)OCC(COC(=C(CC(Cl)c2ccccc2)c2ccccc2)c2ccc(Cl)cc2)O1. The molecule has 5 heteroatoms. The lowest BCUT2D eigenvalue weighted by molar-refractivity contribution is -0.142. The first-order chi connectivity index (χ1) is 15.9. The van der Waals surface area contributed by atoms with Crippen LogP contribution < -0.4 is 0 Å². The molecule has 3 aromatic rings. The first-order valence-corrected chi connectivity index (χ1v) is 11.9. The Kier molecular flexibility index (Phi) is 7.77. The minimum Gasteiger partial charge on any atom is -0.490 e. The molecule has 0 saturated carbocycles. The number of rotatable bonds is 8. The van der Waals surface area contributed by atoms with E-state index < -0.39 is 5.79 Å². The smallest absolute Gasteiger partial charge is 0.163 e. The molecule has 0 aliphatic carbocycles. The highest BCUT2D eigenvalue weighted by Crippen LogP contribution is 2.38. The maximum Gasteiger partial charge on any atom is 0.163 e. The van der Waals surface area contributed by atoms with Crippen LogP contribution >= 0.6 is 23.2 Å².